The van der Waals surface area contributed by atoms with Gasteiger partial charge in [-0.1, -0.05) is 17.7 Å². The minimum atomic E-state index is -0.590. The number of benzene rings is 1. The largest absolute Gasteiger partial charge is 0.469 e. The molecule has 1 aromatic heterocycles. The Bertz CT molecular complexity index is 1170. The maximum Gasteiger partial charge on any atom is 0.410 e. The second-order valence-corrected chi connectivity index (χ2v) is 10.4. The molecule has 1 saturated heterocycles. The van der Waals surface area contributed by atoms with Gasteiger partial charge >= 0.3 is 12.1 Å². The second kappa shape index (κ2) is 12.7. The third-order valence-electron chi connectivity index (χ3n) is 5.92. The maximum atomic E-state index is 13.2. The quantitative estimate of drug-likeness (QED) is 0.484. The zero-order valence-corrected chi connectivity index (χ0v) is 22.8. The van der Waals surface area contributed by atoms with Crippen LogP contribution >= 0.6 is 11.6 Å². The van der Waals surface area contributed by atoms with Crippen molar-refractivity contribution in [3.05, 3.63) is 52.7 Å². The first-order chi connectivity index (χ1) is 17.9. The van der Waals surface area contributed by atoms with Crippen molar-refractivity contribution < 1.29 is 28.7 Å². The molecule has 2 heterocycles. The molecule has 3 rings (SSSR count). The highest BCUT2D eigenvalue weighted by Gasteiger charge is 2.30. The fourth-order valence-corrected chi connectivity index (χ4v) is 4.02. The first-order valence-corrected chi connectivity index (χ1v) is 12.7. The van der Waals surface area contributed by atoms with Crippen LogP contribution in [0, 0.1) is 5.92 Å². The SMILES string of the molecule is COC(=O)CCc1ccc(NC(=O)C2CCN(C(=O)OC(C)(C)C)CC2)c(C(=O)Nc2ccc(Cl)cn2)c1. The van der Waals surface area contributed by atoms with Gasteiger partial charge in [-0.3, -0.25) is 14.4 Å². The molecule has 11 heteroatoms. The first kappa shape index (κ1) is 28.9. The van der Waals surface area contributed by atoms with Crippen molar-refractivity contribution in [1.82, 2.24) is 9.88 Å². The van der Waals surface area contributed by atoms with Crippen molar-refractivity contribution in [2.45, 2.75) is 52.1 Å². The van der Waals surface area contributed by atoms with Crippen LogP contribution in [0.25, 0.3) is 0 Å². The van der Waals surface area contributed by atoms with Gasteiger partial charge in [0.1, 0.15) is 11.4 Å². The number of halogens is 1. The molecule has 1 aromatic carbocycles. The van der Waals surface area contributed by atoms with Crippen LogP contribution in [0.3, 0.4) is 0 Å². The van der Waals surface area contributed by atoms with Gasteiger partial charge < -0.3 is 25.0 Å². The van der Waals surface area contributed by atoms with Crippen molar-refractivity contribution in [3.63, 3.8) is 0 Å². The number of hydrogen-bond donors (Lipinski definition) is 2. The summed E-state index contributed by atoms with van der Waals surface area (Å²) in [5, 5.41) is 6.01. The number of rotatable bonds is 7. The van der Waals surface area contributed by atoms with E-state index in [1.54, 1.807) is 35.2 Å². The number of esters is 1. The van der Waals surface area contributed by atoms with Crippen molar-refractivity contribution in [1.29, 1.82) is 0 Å². The molecule has 2 N–H and O–H groups in total. The van der Waals surface area contributed by atoms with Crippen LogP contribution in [0.1, 0.15) is 56.0 Å². The summed E-state index contributed by atoms with van der Waals surface area (Å²) in [5.74, 6) is -1.12. The lowest BCUT2D eigenvalue weighted by Gasteiger charge is -2.33. The first-order valence-electron chi connectivity index (χ1n) is 12.4. The van der Waals surface area contributed by atoms with Gasteiger partial charge in [-0.15, -0.1) is 0 Å². The summed E-state index contributed by atoms with van der Waals surface area (Å²) in [6, 6.07) is 8.20. The van der Waals surface area contributed by atoms with Crippen molar-refractivity contribution in [2.24, 2.45) is 5.92 Å². The van der Waals surface area contributed by atoms with Gasteiger partial charge in [0.2, 0.25) is 5.91 Å². The Morgan fingerprint density at radius 3 is 2.39 bits per heavy atom. The third kappa shape index (κ3) is 8.44. The molecule has 2 aromatic rings. The number of aryl methyl sites for hydroxylation is 1. The van der Waals surface area contributed by atoms with E-state index in [4.69, 9.17) is 21.1 Å². The summed E-state index contributed by atoms with van der Waals surface area (Å²) in [5.41, 5.74) is 0.696. The summed E-state index contributed by atoms with van der Waals surface area (Å²) in [7, 11) is 1.32. The molecule has 10 nitrogen and oxygen atoms in total. The Kier molecular flexibility index (Phi) is 9.68. The molecule has 0 bridgehead atoms. The summed E-state index contributed by atoms with van der Waals surface area (Å²) in [4.78, 5) is 55.9. The molecule has 0 aliphatic carbocycles. The van der Waals surface area contributed by atoms with Crippen LogP contribution in [-0.2, 0) is 25.5 Å². The molecule has 0 spiro atoms. The van der Waals surface area contributed by atoms with E-state index in [0.717, 1.165) is 5.56 Å². The number of nitrogens with one attached hydrogen (secondary N) is 2. The van der Waals surface area contributed by atoms with E-state index in [1.165, 1.54) is 13.3 Å². The van der Waals surface area contributed by atoms with Gasteiger partial charge in [-0.25, -0.2) is 9.78 Å². The van der Waals surface area contributed by atoms with Crippen LogP contribution in [0.4, 0.5) is 16.3 Å². The Labute approximate surface area is 227 Å². The third-order valence-corrected chi connectivity index (χ3v) is 6.14. The number of pyridine rings is 1. The van der Waals surface area contributed by atoms with Crippen molar-refractivity contribution >= 4 is 47.0 Å². The molecule has 0 unspecified atom stereocenters. The van der Waals surface area contributed by atoms with E-state index in [-0.39, 0.29) is 29.8 Å². The smallest absolute Gasteiger partial charge is 0.410 e. The Hall–Kier alpha value is -3.66. The number of piperidine rings is 1. The fraction of sp³-hybridized carbons (Fsp3) is 0.444. The van der Waals surface area contributed by atoms with Crippen molar-refractivity contribution in [3.8, 4) is 0 Å². The monoisotopic (exact) mass is 544 g/mol. The number of hydrogen-bond acceptors (Lipinski definition) is 7. The predicted octanol–water partition coefficient (Wildman–Crippen LogP) is 4.68. The van der Waals surface area contributed by atoms with E-state index in [9.17, 15) is 19.2 Å². The van der Waals surface area contributed by atoms with Crippen LogP contribution < -0.4 is 10.6 Å². The summed E-state index contributed by atoms with van der Waals surface area (Å²) < 4.78 is 10.1. The van der Waals surface area contributed by atoms with Gasteiger partial charge in [-0.05, 0) is 69.9 Å². The Balaban J connectivity index is 1.72. The lowest BCUT2D eigenvalue weighted by atomic mass is 9.95. The molecule has 3 amide bonds. The highest BCUT2D eigenvalue weighted by molar-refractivity contribution is 6.30. The highest BCUT2D eigenvalue weighted by Crippen LogP contribution is 2.25. The topological polar surface area (TPSA) is 127 Å². The summed E-state index contributed by atoms with van der Waals surface area (Å²) >= 11 is 5.88. The second-order valence-electron chi connectivity index (χ2n) is 10.0. The normalized spacial score (nSPS) is 14.0. The molecule has 0 saturated carbocycles. The van der Waals surface area contributed by atoms with Crippen LogP contribution in [0.2, 0.25) is 5.02 Å². The van der Waals surface area contributed by atoms with Gasteiger partial charge in [0.15, 0.2) is 0 Å². The lowest BCUT2D eigenvalue weighted by molar-refractivity contribution is -0.140. The van der Waals surface area contributed by atoms with Gasteiger partial charge in [0.25, 0.3) is 5.91 Å². The summed E-state index contributed by atoms with van der Waals surface area (Å²) in [6.07, 6.45) is 2.48. The molecule has 38 heavy (non-hydrogen) atoms. The van der Waals surface area contributed by atoms with E-state index in [2.05, 4.69) is 15.6 Å². The standard InChI is InChI=1S/C27H33ClN4O6/c1-27(2,3)38-26(36)32-13-11-18(12-14-32)24(34)30-21-8-5-17(6-10-23(33)37-4)15-20(21)25(35)31-22-9-7-19(28)16-29-22/h5,7-9,15-16,18H,6,10-14H2,1-4H3,(H,30,34)(H,29,31,35). The van der Waals surface area contributed by atoms with E-state index in [1.807, 2.05) is 20.8 Å². The number of likely N-dealkylation sites (tertiary alicyclic amines) is 1. The molecule has 0 radical (unpaired) electrons. The molecule has 204 valence electrons. The van der Waals surface area contributed by atoms with E-state index < -0.39 is 17.6 Å². The minimum Gasteiger partial charge on any atom is -0.469 e. The number of nitrogens with zero attached hydrogens (tertiary/aromatic N) is 2. The number of ether oxygens (including phenoxy) is 2. The zero-order chi connectivity index (χ0) is 27.9. The number of amides is 3. The Morgan fingerprint density at radius 1 is 1.08 bits per heavy atom. The average molecular weight is 545 g/mol. The van der Waals surface area contributed by atoms with E-state index in [0.29, 0.717) is 48.9 Å². The minimum absolute atomic E-state index is 0.151. The molecule has 1 fully saturated rings. The molecule has 1 aliphatic rings. The summed E-state index contributed by atoms with van der Waals surface area (Å²) in [6.45, 7) is 6.22. The van der Waals surface area contributed by atoms with E-state index >= 15 is 0 Å². The molecular formula is C27H33ClN4O6. The number of carbonyl (C=O) groups excluding carboxylic acids is 4. The Morgan fingerprint density at radius 2 is 1.79 bits per heavy atom. The highest BCUT2D eigenvalue weighted by atomic mass is 35.5. The van der Waals surface area contributed by atoms with Crippen LogP contribution in [-0.4, -0.2) is 59.6 Å². The van der Waals surface area contributed by atoms with Crippen molar-refractivity contribution in [2.75, 3.05) is 30.8 Å². The number of methoxy groups -OCH3 is 1. The zero-order valence-electron chi connectivity index (χ0n) is 22.0. The fourth-order valence-electron chi connectivity index (χ4n) is 3.91. The van der Waals surface area contributed by atoms with Gasteiger partial charge in [0, 0.05) is 31.6 Å². The maximum absolute atomic E-state index is 13.2. The van der Waals surface area contributed by atoms with Gasteiger partial charge in [0.05, 0.1) is 23.4 Å². The molecule has 1 aliphatic heterocycles. The predicted molar refractivity (Wildman–Crippen MR) is 143 cm³/mol. The number of aromatic nitrogens is 1. The number of anilines is 2. The van der Waals surface area contributed by atoms with Crippen LogP contribution in [0.15, 0.2) is 36.5 Å². The van der Waals surface area contributed by atoms with Crippen LogP contribution in [0.5, 0.6) is 0 Å². The molecule has 0 atom stereocenters. The lowest BCUT2D eigenvalue weighted by Crippen LogP contribution is -2.43. The van der Waals surface area contributed by atoms with Gasteiger partial charge in [-0.2, -0.15) is 0 Å². The number of carbonyl (C=O) groups is 4. The average Bonchev–Trinajstić information content (AvgIpc) is 2.88. The molecular weight excluding hydrogens is 512 g/mol.